The minimum atomic E-state index is 0.490. The van der Waals surface area contributed by atoms with Crippen molar-refractivity contribution >= 4 is 15.9 Å². The van der Waals surface area contributed by atoms with Gasteiger partial charge in [-0.3, -0.25) is 0 Å². The molecule has 0 radical (unpaired) electrons. The van der Waals surface area contributed by atoms with E-state index in [0.717, 1.165) is 35.7 Å². The van der Waals surface area contributed by atoms with Gasteiger partial charge in [0.25, 0.3) is 0 Å². The molecular formula is C18H28BrNO. The van der Waals surface area contributed by atoms with Gasteiger partial charge in [-0.05, 0) is 71.8 Å². The predicted molar refractivity (Wildman–Crippen MR) is 92.9 cm³/mol. The first kappa shape index (κ1) is 16.8. The van der Waals surface area contributed by atoms with Gasteiger partial charge < -0.3 is 10.1 Å². The second-order valence-electron chi connectivity index (χ2n) is 6.01. The molecule has 0 saturated heterocycles. The van der Waals surface area contributed by atoms with Crippen LogP contribution in [0.3, 0.4) is 0 Å². The lowest BCUT2D eigenvalue weighted by Gasteiger charge is -2.26. The van der Waals surface area contributed by atoms with Crippen LogP contribution in [0.25, 0.3) is 0 Å². The lowest BCUT2D eigenvalue weighted by atomic mass is 9.91. The van der Waals surface area contributed by atoms with Crippen molar-refractivity contribution in [1.82, 2.24) is 5.32 Å². The Morgan fingerprint density at radius 2 is 2.00 bits per heavy atom. The number of nitrogens with one attached hydrogen (secondary N) is 1. The zero-order valence-corrected chi connectivity index (χ0v) is 14.9. The Labute approximate surface area is 137 Å². The number of hydrogen-bond donors (Lipinski definition) is 1. The van der Waals surface area contributed by atoms with Gasteiger partial charge in [-0.25, -0.2) is 0 Å². The lowest BCUT2D eigenvalue weighted by Crippen LogP contribution is -2.27. The van der Waals surface area contributed by atoms with Crippen molar-refractivity contribution in [3.63, 3.8) is 0 Å². The minimum Gasteiger partial charge on any atom is -0.492 e. The van der Waals surface area contributed by atoms with Crippen LogP contribution >= 0.6 is 15.9 Å². The fourth-order valence-corrected chi connectivity index (χ4v) is 3.70. The summed E-state index contributed by atoms with van der Waals surface area (Å²) in [7, 11) is 0. The lowest BCUT2D eigenvalue weighted by molar-refractivity contribution is 0.314. The molecule has 0 bridgehead atoms. The van der Waals surface area contributed by atoms with Gasteiger partial charge in [-0.2, -0.15) is 0 Å². The zero-order chi connectivity index (χ0) is 15.1. The Kier molecular flexibility index (Phi) is 7.05. The molecule has 1 fully saturated rings. The van der Waals surface area contributed by atoms with E-state index in [9.17, 15) is 0 Å². The van der Waals surface area contributed by atoms with Gasteiger partial charge in [0.15, 0.2) is 0 Å². The Morgan fingerprint density at radius 1 is 1.24 bits per heavy atom. The molecule has 1 aliphatic rings. The third kappa shape index (κ3) is 4.72. The topological polar surface area (TPSA) is 21.3 Å². The van der Waals surface area contributed by atoms with E-state index in [0.29, 0.717) is 6.04 Å². The molecule has 0 aromatic heterocycles. The van der Waals surface area contributed by atoms with Gasteiger partial charge in [-0.15, -0.1) is 0 Å². The van der Waals surface area contributed by atoms with Crippen molar-refractivity contribution in [2.45, 2.75) is 58.4 Å². The van der Waals surface area contributed by atoms with Crippen molar-refractivity contribution in [3.05, 3.63) is 28.2 Å². The quantitative estimate of drug-likeness (QED) is 0.668. The number of hydrogen-bond acceptors (Lipinski definition) is 2. The van der Waals surface area contributed by atoms with E-state index >= 15 is 0 Å². The zero-order valence-electron chi connectivity index (χ0n) is 13.3. The Balaban J connectivity index is 2.12. The maximum absolute atomic E-state index is 5.76. The molecule has 1 N–H and O–H groups in total. The van der Waals surface area contributed by atoms with Gasteiger partial charge in [0, 0.05) is 6.04 Å². The number of halogens is 1. The summed E-state index contributed by atoms with van der Waals surface area (Å²) in [6.07, 6.45) is 7.70. The van der Waals surface area contributed by atoms with Crippen LogP contribution in [0.4, 0.5) is 0 Å². The normalized spacial score (nSPS) is 17.1. The van der Waals surface area contributed by atoms with Crippen molar-refractivity contribution in [1.29, 1.82) is 0 Å². The fraction of sp³-hybridized carbons (Fsp3) is 0.667. The largest absolute Gasteiger partial charge is 0.492 e. The Morgan fingerprint density at radius 3 is 2.62 bits per heavy atom. The van der Waals surface area contributed by atoms with Crippen LogP contribution in [0.15, 0.2) is 22.7 Å². The molecule has 1 unspecified atom stereocenters. The third-order valence-corrected chi connectivity index (χ3v) is 4.88. The van der Waals surface area contributed by atoms with Crippen LogP contribution in [0.5, 0.6) is 5.75 Å². The molecule has 1 aromatic carbocycles. The monoisotopic (exact) mass is 353 g/mol. The first-order valence-corrected chi connectivity index (χ1v) is 9.21. The fourth-order valence-electron chi connectivity index (χ4n) is 3.19. The first-order chi connectivity index (χ1) is 10.3. The molecule has 0 heterocycles. The standard InChI is InChI=1S/C18H28BrNO/c1-3-11-20-18(14-7-5-6-8-14)15-9-10-17(16(19)13-15)21-12-4-2/h9-10,13-14,18,20H,3-8,11-12H2,1-2H3. The molecule has 1 saturated carbocycles. The molecule has 0 aliphatic heterocycles. The van der Waals surface area contributed by atoms with Crippen LogP contribution in [-0.2, 0) is 0 Å². The Hall–Kier alpha value is -0.540. The summed E-state index contributed by atoms with van der Waals surface area (Å²) in [6.45, 7) is 6.23. The van der Waals surface area contributed by atoms with Gasteiger partial charge in [-0.1, -0.05) is 32.8 Å². The van der Waals surface area contributed by atoms with E-state index < -0.39 is 0 Å². The molecule has 118 valence electrons. The second kappa shape index (κ2) is 8.79. The van der Waals surface area contributed by atoms with E-state index in [1.807, 2.05) is 0 Å². The maximum atomic E-state index is 5.76. The molecular weight excluding hydrogens is 326 g/mol. The smallest absolute Gasteiger partial charge is 0.133 e. The van der Waals surface area contributed by atoms with Gasteiger partial charge in [0.2, 0.25) is 0 Å². The highest BCUT2D eigenvalue weighted by molar-refractivity contribution is 9.10. The van der Waals surface area contributed by atoms with E-state index in [2.05, 4.69) is 53.3 Å². The molecule has 1 atom stereocenters. The number of benzene rings is 1. The van der Waals surface area contributed by atoms with Crippen molar-refractivity contribution in [3.8, 4) is 5.75 Å². The van der Waals surface area contributed by atoms with E-state index in [1.54, 1.807) is 0 Å². The van der Waals surface area contributed by atoms with Crippen LogP contribution in [0.1, 0.15) is 64.0 Å². The molecule has 1 aliphatic carbocycles. The molecule has 21 heavy (non-hydrogen) atoms. The summed E-state index contributed by atoms with van der Waals surface area (Å²) < 4.78 is 6.84. The van der Waals surface area contributed by atoms with Crippen molar-refractivity contribution < 1.29 is 4.74 Å². The summed E-state index contributed by atoms with van der Waals surface area (Å²) in [6, 6.07) is 7.09. The third-order valence-electron chi connectivity index (χ3n) is 4.26. The van der Waals surface area contributed by atoms with Gasteiger partial charge in [0.1, 0.15) is 5.75 Å². The second-order valence-corrected chi connectivity index (χ2v) is 6.87. The molecule has 2 rings (SSSR count). The minimum absolute atomic E-state index is 0.490. The highest BCUT2D eigenvalue weighted by atomic mass is 79.9. The summed E-state index contributed by atoms with van der Waals surface area (Å²) in [5, 5.41) is 3.76. The number of rotatable bonds is 8. The molecule has 0 amide bonds. The van der Waals surface area contributed by atoms with Crippen molar-refractivity contribution in [2.75, 3.05) is 13.2 Å². The molecule has 0 spiro atoms. The maximum Gasteiger partial charge on any atom is 0.133 e. The van der Waals surface area contributed by atoms with Crippen molar-refractivity contribution in [2.24, 2.45) is 5.92 Å². The molecule has 2 nitrogen and oxygen atoms in total. The molecule has 3 heteroatoms. The predicted octanol–water partition coefficient (Wildman–Crippen LogP) is 5.47. The van der Waals surface area contributed by atoms with Crippen LogP contribution in [0.2, 0.25) is 0 Å². The average Bonchev–Trinajstić information content (AvgIpc) is 3.01. The highest BCUT2D eigenvalue weighted by Crippen LogP contribution is 2.38. The summed E-state index contributed by atoms with van der Waals surface area (Å²) in [5.74, 6) is 1.74. The molecule has 1 aromatic rings. The van der Waals surface area contributed by atoms with Gasteiger partial charge in [0.05, 0.1) is 11.1 Å². The van der Waals surface area contributed by atoms with E-state index in [-0.39, 0.29) is 0 Å². The van der Waals surface area contributed by atoms with Crippen LogP contribution in [0, 0.1) is 5.92 Å². The Bertz CT molecular complexity index is 429. The van der Waals surface area contributed by atoms with Crippen LogP contribution in [-0.4, -0.2) is 13.2 Å². The average molecular weight is 354 g/mol. The van der Waals surface area contributed by atoms with Crippen LogP contribution < -0.4 is 10.1 Å². The van der Waals surface area contributed by atoms with E-state index in [1.165, 1.54) is 37.7 Å². The van der Waals surface area contributed by atoms with E-state index in [4.69, 9.17) is 4.74 Å². The highest BCUT2D eigenvalue weighted by Gasteiger charge is 2.26. The summed E-state index contributed by atoms with van der Waals surface area (Å²) in [4.78, 5) is 0. The SMILES string of the molecule is CCCNC(c1ccc(OCCC)c(Br)c1)C1CCCC1. The summed E-state index contributed by atoms with van der Waals surface area (Å²) >= 11 is 3.67. The first-order valence-electron chi connectivity index (χ1n) is 8.41. The van der Waals surface area contributed by atoms with Gasteiger partial charge >= 0.3 is 0 Å². The number of ether oxygens (including phenoxy) is 1. The summed E-state index contributed by atoms with van der Waals surface area (Å²) in [5.41, 5.74) is 1.39.